The minimum atomic E-state index is -1.05. The maximum absolute atomic E-state index is 12.5. The standard InChI is InChI=1S/C16H17N3O4S/c1-18-8-7-17-13(18)14-19(12(10-24-14)15(20)21)16(22)23-9-11-5-3-2-4-6-11/h2-8,12,14H,9-10H2,1H3,(H,20,21)/t12-,14+/m0/s1. The van der Waals surface area contributed by atoms with Crippen LogP contribution in [-0.2, 0) is 23.2 Å². The first-order valence-corrected chi connectivity index (χ1v) is 8.43. The zero-order chi connectivity index (χ0) is 17.1. The Morgan fingerprint density at radius 1 is 1.38 bits per heavy atom. The van der Waals surface area contributed by atoms with Gasteiger partial charge in [0.1, 0.15) is 23.8 Å². The molecule has 0 unspecified atom stereocenters. The zero-order valence-electron chi connectivity index (χ0n) is 13.0. The number of amides is 1. The number of benzene rings is 1. The van der Waals surface area contributed by atoms with E-state index >= 15 is 0 Å². The van der Waals surface area contributed by atoms with Crippen molar-refractivity contribution in [3.63, 3.8) is 0 Å². The topological polar surface area (TPSA) is 84.7 Å². The molecular weight excluding hydrogens is 330 g/mol. The van der Waals surface area contributed by atoms with E-state index in [0.29, 0.717) is 11.6 Å². The molecule has 24 heavy (non-hydrogen) atoms. The molecule has 1 fully saturated rings. The summed E-state index contributed by atoms with van der Waals surface area (Å²) in [6.45, 7) is 0.0977. The summed E-state index contributed by atoms with van der Waals surface area (Å²) in [6.07, 6.45) is 2.74. The van der Waals surface area contributed by atoms with E-state index in [2.05, 4.69) is 4.98 Å². The highest BCUT2D eigenvalue weighted by Gasteiger charge is 2.45. The van der Waals surface area contributed by atoms with Crippen LogP contribution in [0.3, 0.4) is 0 Å². The summed E-state index contributed by atoms with van der Waals surface area (Å²) in [6, 6.07) is 8.34. The van der Waals surface area contributed by atoms with Crippen LogP contribution in [0, 0.1) is 0 Å². The van der Waals surface area contributed by atoms with E-state index in [-0.39, 0.29) is 6.61 Å². The van der Waals surface area contributed by atoms with Gasteiger partial charge in [0.25, 0.3) is 0 Å². The Labute approximate surface area is 143 Å². The molecule has 2 atom stereocenters. The number of aliphatic carboxylic acids is 1. The van der Waals surface area contributed by atoms with Gasteiger partial charge in [0.15, 0.2) is 0 Å². The summed E-state index contributed by atoms with van der Waals surface area (Å²) >= 11 is 1.37. The average molecular weight is 347 g/mol. The second-order valence-corrected chi connectivity index (χ2v) is 6.50. The second-order valence-electron chi connectivity index (χ2n) is 5.38. The molecule has 3 rings (SSSR count). The van der Waals surface area contributed by atoms with Gasteiger partial charge in [-0.2, -0.15) is 0 Å². The molecule has 1 aromatic carbocycles. The van der Waals surface area contributed by atoms with E-state index in [9.17, 15) is 14.7 Å². The molecular formula is C16H17N3O4S. The van der Waals surface area contributed by atoms with Crippen LogP contribution in [0.1, 0.15) is 16.8 Å². The summed E-state index contributed by atoms with van der Waals surface area (Å²) < 4.78 is 7.11. The fourth-order valence-electron chi connectivity index (χ4n) is 2.53. The molecule has 0 radical (unpaired) electrons. The Hall–Kier alpha value is -2.48. The molecule has 8 heteroatoms. The van der Waals surface area contributed by atoms with Gasteiger partial charge in [-0.25, -0.2) is 14.6 Å². The molecule has 126 valence electrons. The average Bonchev–Trinajstić information content (AvgIpc) is 3.19. The molecule has 2 aromatic rings. The lowest BCUT2D eigenvalue weighted by atomic mass is 10.2. The highest BCUT2D eigenvalue weighted by Crippen LogP contribution is 2.41. The van der Waals surface area contributed by atoms with E-state index in [4.69, 9.17) is 4.74 Å². The van der Waals surface area contributed by atoms with E-state index in [1.165, 1.54) is 16.7 Å². The van der Waals surface area contributed by atoms with Crippen LogP contribution < -0.4 is 0 Å². The van der Waals surface area contributed by atoms with E-state index in [1.807, 2.05) is 37.4 Å². The molecule has 7 nitrogen and oxygen atoms in total. The number of rotatable bonds is 4. The third-order valence-electron chi connectivity index (χ3n) is 3.78. The predicted octanol–water partition coefficient (Wildman–Crippen LogP) is 2.26. The van der Waals surface area contributed by atoms with E-state index < -0.39 is 23.5 Å². The molecule has 0 saturated carbocycles. The molecule has 1 aliphatic rings. The summed E-state index contributed by atoms with van der Waals surface area (Å²) in [5, 5.41) is 8.93. The van der Waals surface area contributed by atoms with E-state index in [0.717, 1.165) is 5.56 Å². The third-order valence-corrected chi connectivity index (χ3v) is 5.04. The monoisotopic (exact) mass is 347 g/mol. The molecule has 0 bridgehead atoms. The van der Waals surface area contributed by atoms with Gasteiger partial charge in [-0.15, -0.1) is 11.8 Å². The number of hydrogen-bond donors (Lipinski definition) is 1. The molecule has 1 N–H and O–H groups in total. The fraction of sp³-hybridized carbons (Fsp3) is 0.312. The number of nitrogens with zero attached hydrogens (tertiary/aromatic N) is 3. The number of carbonyl (C=O) groups is 2. The normalized spacial score (nSPS) is 20.1. The SMILES string of the molecule is Cn1ccnc1[C@H]1SC[C@@H](C(=O)O)N1C(=O)OCc1ccccc1. The number of hydrogen-bond acceptors (Lipinski definition) is 5. The van der Waals surface area contributed by atoms with Gasteiger partial charge >= 0.3 is 12.1 Å². The van der Waals surface area contributed by atoms with Crippen LogP contribution in [0.5, 0.6) is 0 Å². The van der Waals surface area contributed by atoms with E-state index in [1.54, 1.807) is 17.0 Å². The van der Waals surface area contributed by atoms with Gasteiger partial charge in [-0.3, -0.25) is 4.90 Å². The number of carboxylic acid groups (broad SMARTS) is 1. The quantitative estimate of drug-likeness (QED) is 0.913. The van der Waals surface area contributed by atoms with Gasteiger partial charge in [0, 0.05) is 25.2 Å². The highest BCUT2D eigenvalue weighted by molar-refractivity contribution is 7.99. The fourth-order valence-corrected chi connectivity index (χ4v) is 3.97. The third kappa shape index (κ3) is 3.23. The van der Waals surface area contributed by atoms with Crippen LogP contribution in [0.15, 0.2) is 42.7 Å². The number of thioether (sulfide) groups is 1. The Morgan fingerprint density at radius 3 is 2.75 bits per heavy atom. The molecule has 1 aliphatic heterocycles. The molecule has 1 amide bonds. The summed E-state index contributed by atoms with van der Waals surface area (Å²) in [5.41, 5.74) is 0.845. The van der Waals surface area contributed by atoms with Gasteiger partial charge in [-0.1, -0.05) is 30.3 Å². The van der Waals surface area contributed by atoms with Gasteiger partial charge in [0.05, 0.1) is 0 Å². The van der Waals surface area contributed by atoms with Crippen LogP contribution in [0.4, 0.5) is 4.79 Å². The van der Waals surface area contributed by atoms with Crippen LogP contribution in [-0.4, -0.2) is 43.4 Å². The Bertz CT molecular complexity index is 734. The van der Waals surface area contributed by atoms with Crippen molar-refractivity contribution in [2.24, 2.45) is 7.05 Å². The molecule has 2 heterocycles. The maximum Gasteiger partial charge on any atom is 0.412 e. The number of aryl methyl sites for hydroxylation is 1. The molecule has 1 saturated heterocycles. The minimum Gasteiger partial charge on any atom is -0.480 e. The zero-order valence-corrected chi connectivity index (χ0v) is 13.8. The summed E-state index contributed by atoms with van der Waals surface area (Å²) in [7, 11) is 1.81. The Morgan fingerprint density at radius 2 is 2.12 bits per heavy atom. The molecule has 1 aromatic heterocycles. The van der Waals surface area contributed by atoms with Gasteiger partial charge < -0.3 is 14.4 Å². The van der Waals surface area contributed by atoms with Crippen molar-refractivity contribution in [3.05, 3.63) is 54.1 Å². The first-order chi connectivity index (χ1) is 11.6. The lowest BCUT2D eigenvalue weighted by molar-refractivity contribution is -0.141. The largest absolute Gasteiger partial charge is 0.480 e. The lowest BCUT2D eigenvalue weighted by Gasteiger charge is -2.26. The number of carboxylic acids is 1. The number of aromatic nitrogens is 2. The number of carbonyl (C=O) groups excluding carboxylic acids is 1. The molecule has 0 aliphatic carbocycles. The van der Waals surface area contributed by atoms with Crippen LogP contribution in [0.2, 0.25) is 0 Å². The highest BCUT2D eigenvalue weighted by atomic mass is 32.2. The smallest absolute Gasteiger partial charge is 0.412 e. The van der Waals surface area contributed by atoms with Crippen LogP contribution >= 0.6 is 11.8 Å². The van der Waals surface area contributed by atoms with Gasteiger partial charge in [-0.05, 0) is 5.56 Å². The number of ether oxygens (including phenoxy) is 1. The predicted molar refractivity (Wildman–Crippen MR) is 88.3 cm³/mol. The van der Waals surface area contributed by atoms with Crippen molar-refractivity contribution < 1.29 is 19.4 Å². The van der Waals surface area contributed by atoms with Crippen molar-refractivity contribution >= 4 is 23.8 Å². The summed E-state index contributed by atoms with van der Waals surface area (Å²) in [5.74, 6) is -0.121. The summed E-state index contributed by atoms with van der Waals surface area (Å²) in [4.78, 5) is 29.5. The lowest BCUT2D eigenvalue weighted by Crippen LogP contribution is -2.43. The van der Waals surface area contributed by atoms with Crippen molar-refractivity contribution in [2.45, 2.75) is 18.0 Å². The number of imidazole rings is 1. The van der Waals surface area contributed by atoms with Crippen LogP contribution in [0.25, 0.3) is 0 Å². The van der Waals surface area contributed by atoms with Crippen molar-refractivity contribution in [3.8, 4) is 0 Å². The maximum atomic E-state index is 12.5. The second kappa shape index (κ2) is 6.96. The first-order valence-electron chi connectivity index (χ1n) is 7.38. The van der Waals surface area contributed by atoms with Crippen molar-refractivity contribution in [1.29, 1.82) is 0 Å². The minimum absolute atomic E-state index is 0.0977. The Kier molecular flexibility index (Phi) is 4.75. The first kappa shape index (κ1) is 16.4. The van der Waals surface area contributed by atoms with Gasteiger partial charge in [0.2, 0.25) is 0 Å². The van der Waals surface area contributed by atoms with Crippen molar-refractivity contribution in [1.82, 2.24) is 14.5 Å². The van der Waals surface area contributed by atoms with Crippen molar-refractivity contribution in [2.75, 3.05) is 5.75 Å². The Balaban J connectivity index is 1.78. The molecule has 0 spiro atoms.